The van der Waals surface area contributed by atoms with Gasteiger partial charge in [0.2, 0.25) is 5.91 Å². The topological polar surface area (TPSA) is 56.0 Å². The van der Waals surface area contributed by atoms with Crippen LogP contribution < -0.4 is 11.0 Å². The third kappa shape index (κ3) is 3.46. The van der Waals surface area contributed by atoms with Crippen LogP contribution in [0.2, 0.25) is 5.02 Å². The van der Waals surface area contributed by atoms with Crippen LogP contribution in [0.15, 0.2) is 47.3 Å². The lowest BCUT2D eigenvalue weighted by atomic mass is 10.2. The molecule has 0 radical (unpaired) electrons. The Balaban J connectivity index is 1.79. The van der Waals surface area contributed by atoms with E-state index in [0.717, 1.165) is 16.6 Å². The quantitative estimate of drug-likeness (QED) is 0.754. The van der Waals surface area contributed by atoms with Crippen molar-refractivity contribution in [3.05, 3.63) is 63.5 Å². The number of hydrogen-bond donors (Lipinski definition) is 1. The highest BCUT2D eigenvalue weighted by molar-refractivity contribution is 6.31. The van der Waals surface area contributed by atoms with Gasteiger partial charge in [-0.05, 0) is 43.7 Å². The average molecular weight is 358 g/mol. The molecule has 5 nitrogen and oxygen atoms in total. The summed E-state index contributed by atoms with van der Waals surface area (Å²) in [6, 6.07) is 13.0. The van der Waals surface area contributed by atoms with Crippen LogP contribution in [0.5, 0.6) is 0 Å². The Morgan fingerprint density at radius 2 is 1.80 bits per heavy atom. The number of aromatic nitrogens is 2. The third-order valence-corrected chi connectivity index (χ3v) is 4.51. The van der Waals surface area contributed by atoms with E-state index in [1.54, 1.807) is 21.3 Å². The number of benzene rings is 2. The van der Waals surface area contributed by atoms with E-state index in [1.807, 2.05) is 44.2 Å². The van der Waals surface area contributed by atoms with Gasteiger partial charge < -0.3 is 5.32 Å². The molecule has 0 aliphatic heterocycles. The number of hydrogen-bond acceptors (Lipinski definition) is 2. The molecule has 0 aliphatic rings. The molecule has 0 bridgehead atoms. The molecule has 2 aromatic carbocycles. The standard InChI is InChI=1S/C19H20ClN3O2/c1-3-22-16-6-4-5-7-17(16)23(19(22)25)11-10-18(24)21-15-12-14(20)9-8-13(15)2/h4-9,12H,3,10-11H2,1-2H3,(H,21,24). The van der Waals surface area contributed by atoms with Gasteiger partial charge >= 0.3 is 5.69 Å². The number of aryl methyl sites for hydroxylation is 3. The number of nitrogens with one attached hydrogen (secondary N) is 1. The van der Waals surface area contributed by atoms with Crippen LogP contribution in [0.1, 0.15) is 18.9 Å². The van der Waals surface area contributed by atoms with Crippen molar-refractivity contribution in [2.75, 3.05) is 5.32 Å². The molecular formula is C19H20ClN3O2. The van der Waals surface area contributed by atoms with Gasteiger partial charge in [0.15, 0.2) is 0 Å². The van der Waals surface area contributed by atoms with Crippen molar-refractivity contribution in [3.8, 4) is 0 Å². The van der Waals surface area contributed by atoms with Gasteiger partial charge in [0.05, 0.1) is 11.0 Å². The fraction of sp³-hybridized carbons (Fsp3) is 0.263. The van der Waals surface area contributed by atoms with Gasteiger partial charge in [-0.15, -0.1) is 0 Å². The number of fused-ring (bicyclic) bond motifs is 1. The van der Waals surface area contributed by atoms with E-state index in [9.17, 15) is 9.59 Å². The molecule has 1 aromatic heterocycles. The van der Waals surface area contributed by atoms with E-state index < -0.39 is 0 Å². The predicted molar refractivity (Wildman–Crippen MR) is 101 cm³/mol. The van der Waals surface area contributed by atoms with E-state index in [1.165, 1.54) is 0 Å². The molecule has 3 aromatic rings. The van der Waals surface area contributed by atoms with Gasteiger partial charge in [0, 0.05) is 30.2 Å². The first kappa shape index (κ1) is 17.3. The van der Waals surface area contributed by atoms with Crippen LogP contribution in [0.4, 0.5) is 5.69 Å². The second kappa shape index (κ2) is 7.15. The molecule has 3 rings (SSSR count). The van der Waals surface area contributed by atoms with Crippen LogP contribution >= 0.6 is 11.6 Å². The van der Waals surface area contributed by atoms with Gasteiger partial charge in [-0.3, -0.25) is 13.9 Å². The van der Waals surface area contributed by atoms with Crippen molar-refractivity contribution in [3.63, 3.8) is 0 Å². The first-order valence-corrected chi connectivity index (χ1v) is 8.63. The number of carbonyl (C=O) groups excluding carboxylic acids is 1. The van der Waals surface area contributed by atoms with E-state index in [4.69, 9.17) is 11.6 Å². The maximum Gasteiger partial charge on any atom is 0.329 e. The highest BCUT2D eigenvalue weighted by Crippen LogP contribution is 2.20. The molecule has 0 fully saturated rings. The van der Waals surface area contributed by atoms with Crippen LogP contribution in [0.3, 0.4) is 0 Å². The molecule has 0 saturated carbocycles. The molecule has 25 heavy (non-hydrogen) atoms. The Morgan fingerprint density at radius 1 is 1.12 bits per heavy atom. The highest BCUT2D eigenvalue weighted by atomic mass is 35.5. The molecule has 1 N–H and O–H groups in total. The lowest BCUT2D eigenvalue weighted by Gasteiger charge is -2.09. The van der Waals surface area contributed by atoms with Crippen molar-refractivity contribution < 1.29 is 4.79 Å². The molecule has 0 unspecified atom stereocenters. The van der Waals surface area contributed by atoms with E-state index in [0.29, 0.717) is 23.8 Å². The van der Waals surface area contributed by atoms with Crippen LogP contribution in [0, 0.1) is 6.92 Å². The first-order chi connectivity index (χ1) is 12.0. The number of nitrogens with zero attached hydrogens (tertiary/aromatic N) is 2. The number of rotatable bonds is 5. The molecule has 1 heterocycles. The zero-order valence-corrected chi connectivity index (χ0v) is 15.0. The Bertz CT molecular complexity index is 988. The number of carbonyl (C=O) groups is 1. The number of amides is 1. The number of imidazole rings is 1. The van der Waals surface area contributed by atoms with Crippen molar-refractivity contribution in [1.29, 1.82) is 0 Å². The second-order valence-corrected chi connectivity index (χ2v) is 6.36. The molecular weight excluding hydrogens is 338 g/mol. The van der Waals surface area contributed by atoms with Gasteiger partial charge in [0.1, 0.15) is 0 Å². The van der Waals surface area contributed by atoms with Gasteiger partial charge in [-0.1, -0.05) is 29.8 Å². The fourth-order valence-corrected chi connectivity index (χ4v) is 3.12. The maximum absolute atomic E-state index is 12.6. The van der Waals surface area contributed by atoms with Crippen LogP contribution in [0.25, 0.3) is 11.0 Å². The molecule has 1 amide bonds. The van der Waals surface area contributed by atoms with Crippen molar-refractivity contribution >= 4 is 34.2 Å². The minimum Gasteiger partial charge on any atom is -0.326 e. The highest BCUT2D eigenvalue weighted by Gasteiger charge is 2.13. The van der Waals surface area contributed by atoms with Crippen LogP contribution in [-0.4, -0.2) is 15.0 Å². The van der Waals surface area contributed by atoms with Crippen molar-refractivity contribution in [2.24, 2.45) is 0 Å². The minimum absolute atomic E-state index is 0.0876. The Kier molecular flexibility index (Phi) is 4.95. The summed E-state index contributed by atoms with van der Waals surface area (Å²) in [6.07, 6.45) is 0.212. The van der Waals surface area contributed by atoms with E-state index in [2.05, 4.69) is 5.32 Å². The van der Waals surface area contributed by atoms with Gasteiger partial charge in [-0.2, -0.15) is 0 Å². The van der Waals surface area contributed by atoms with Crippen LogP contribution in [-0.2, 0) is 17.9 Å². The summed E-state index contributed by atoms with van der Waals surface area (Å²) in [5, 5.41) is 3.44. The summed E-state index contributed by atoms with van der Waals surface area (Å²) < 4.78 is 3.37. The zero-order valence-electron chi connectivity index (χ0n) is 14.3. The van der Waals surface area contributed by atoms with Gasteiger partial charge in [-0.25, -0.2) is 4.79 Å². The average Bonchev–Trinajstić information content (AvgIpc) is 2.87. The summed E-state index contributed by atoms with van der Waals surface area (Å²) in [5.41, 5.74) is 3.29. The smallest absolute Gasteiger partial charge is 0.326 e. The summed E-state index contributed by atoms with van der Waals surface area (Å²) in [5.74, 6) is -0.148. The third-order valence-electron chi connectivity index (χ3n) is 4.28. The Morgan fingerprint density at radius 3 is 2.48 bits per heavy atom. The molecule has 0 aliphatic carbocycles. The fourth-order valence-electron chi connectivity index (χ4n) is 2.95. The molecule has 0 spiro atoms. The molecule has 6 heteroatoms. The number of halogens is 1. The summed E-state index contributed by atoms with van der Waals surface area (Å²) in [6.45, 7) is 4.77. The largest absolute Gasteiger partial charge is 0.329 e. The molecule has 0 saturated heterocycles. The summed E-state index contributed by atoms with van der Waals surface area (Å²) >= 11 is 5.98. The SMILES string of the molecule is CCn1c(=O)n(CCC(=O)Nc2cc(Cl)ccc2C)c2ccccc21. The molecule has 0 atom stereocenters. The van der Waals surface area contributed by atoms with Crippen molar-refractivity contribution in [1.82, 2.24) is 9.13 Å². The monoisotopic (exact) mass is 357 g/mol. The number of anilines is 1. The number of para-hydroxylation sites is 2. The van der Waals surface area contributed by atoms with E-state index in [-0.39, 0.29) is 18.0 Å². The predicted octanol–water partition coefficient (Wildman–Crippen LogP) is 3.81. The Hall–Kier alpha value is -2.53. The summed E-state index contributed by atoms with van der Waals surface area (Å²) in [7, 11) is 0. The summed E-state index contributed by atoms with van der Waals surface area (Å²) in [4.78, 5) is 24.9. The zero-order chi connectivity index (χ0) is 18.0. The van der Waals surface area contributed by atoms with E-state index >= 15 is 0 Å². The molecule has 130 valence electrons. The first-order valence-electron chi connectivity index (χ1n) is 8.25. The Labute approximate surface area is 150 Å². The lowest BCUT2D eigenvalue weighted by Crippen LogP contribution is -2.25. The van der Waals surface area contributed by atoms with Gasteiger partial charge in [0.25, 0.3) is 0 Å². The second-order valence-electron chi connectivity index (χ2n) is 5.92. The van der Waals surface area contributed by atoms with Crippen molar-refractivity contribution in [2.45, 2.75) is 33.4 Å². The maximum atomic E-state index is 12.6. The minimum atomic E-state index is -0.148. The normalized spacial score (nSPS) is 11.0. The lowest BCUT2D eigenvalue weighted by molar-refractivity contribution is -0.116.